The number of aromatic nitrogens is 2. The molecular weight excluding hydrogens is 434 g/mol. The van der Waals surface area contributed by atoms with Crippen LogP contribution in [0.1, 0.15) is 11.5 Å². The van der Waals surface area contributed by atoms with Crippen molar-refractivity contribution in [2.24, 2.45) is 7.05 Å². The molecular formula is C20H19ClF2N4O2S. The van der Waals surface area contributed by atoms with Gasteiger partial charge in [-0.05, 0) is 35.9 Å². The molecule has 1 saturated heterocycles. The Kier molecular flexibility index (Phi) is 5.52. The molecule has 4 rings (SSSR count). The minimum atomic E-state index is -3.83. The molecule has 0 radical (unpaired) electrons. The number of nitrogens with one attached hydrogen (secondary N) is 1. The lowest BCUT2D eigenvalue weighted by atomic mass is 9.94. The molecule has 0 saturated carbocycles. The van der Waals surface area contributed by atoms with Crippen LogP contribution in [0.5, 0.6) is 0 Å². The highest BCUT2D eigenvalue weighted by Gasteiger charge is 2.41. The summed E-state index contributed by atoms with van der Waals surface area (Å²) in [6.07, 6.45) is 2.86. The van der Waals surface area contributed by atoms with E-state index in [0.29, 0.717) is 11.3 Å². The second kappa shape index (κ2) is 7.98. The monoisotopic (exact) mass is 452 g/mol. The average Bonchev–Trinajstić information content (AvgIpc) is 3.32. The molecule has 0 spiro atoms. The van der Waals surface area contributed by atoms with Crippen LogP contribution in [0.15, 0.2) is 60.0 Å². The molecule has 1 fully saturated rings. The summed E-state index contributed by atoms with van der Waals surface area (Å²) in [6.45, 7) is 0.282. The van der Waals surface area contributed by atoms with Crippen LogP contribution in [0.3, 0.4) is 0 Å². The van der Waals surface area contributed by atoms with Crippen molar-refractivity contribution in [3.63, 3.8) is 0 Å². The first-order valence-corrected chi connectivity index (χ1v) is 11.0. The van der Waals surface area contributed by atoms with Gasteiger partial charge in [0.15, 0.2) is 5.03 Å². The van der Waals surface area contributed by atoms with Gasteiger partial charge in [0.1, 0.15) is 11.6 Å². The third kappa shape index (κ3) is 4.05. The van der Waals surface area contributed by atoms with Crippen LogP contribution in [0.25, 0.3) is 0 Å². The number of sulfonamides is 1. The molecule has 158 valence electrons. The molecule has 2 unspecified atom stereocenters. The lowest BCUT2D eigenvalue weighted by Crippen LogP contribution is -2.32. The van der Waals surface area contributed by atoms with E-state index in [2.05, 4.69) is 10.3 Å². The molecule has 30 heavy (non-hydrogen) atoms. The van der Waals surface area contributed by atoms with Gasteiger partial charge >= 0.3 is 0 Å². The Hall–Kier alpha value is -2.49. The van der Waals surface area contributed by atoms with Crippen molar-refractivity contribution in [3.05, 3.63) is 77.2 Å². The van der Waals surface area contributed by atoms with E-state index in [1.807, 2.05) is 0 Å². The van der Waals surface area contributed by atoms with Crippen LogP contribution in [0, 0.1) is 11.6 Å². The van der Waals surface area contributed by atoms with Crippen LogP contribution < -0.4 is 5.32 Å². The smallest absolute Gasteiger partial charge is 0.262 e. The van der Waals surface area contributed by atoms with Crippen molar-refractivity contribution >= 4 is 27.3 Å². The predicted molar refractivity (Wildman–Crippen MR) is 110 cm³/mol. The zero-order valence-electron chi connectivity index (χ0n) is 16.0. The zero-order valence-corrected chi connectivity index (χ0v) is 17.5. The van der Waals surface area contributed by atoms with Crippen LogP contribution in [0.2, 0.25) is 5.02 Å². The van der Waals surface area contributed by atoms with Crippen molar-refractivity contribution in [1.29, 1.82) is 0 Å². The lowest BCUT2D eigenvalue weighted by Gasteiger charge is -2.21. The summed E-state index contributed by atoms with van der Waals surface area (Å²) in [6, 6.07) is 9.90. The van der Waals surface area contributed by atoms with Crippen LogP contribution in [-0.4, -0.2) is 41.4 Å². The topological polar surface area (TPSA) is 67.2 Å². The van der Waals surface area contributed by atoms with E-state index < -0.39 is 21.7 Å². The second-order valence-electron chi connectivity index (χ2n) is 7.24. The maximum absolute atomic E-state index is 13.8. The van der Waals surface area contributed by atoms with Gasteiger partial charge in [-0.1, -0.05) is 23.7 Å². The molecule has 2 aromatic carbocycles. The number of rotatable bonds is 5. The van der Waals surface area contributed by atoms with Crippen molar-refractivity contribution in [2.45, 2.75) is 17.0 Å². The highest BCUT2D eigenvalue weighted by atomic mass is 35.5. The minimum absolute atomic E-state index is 0.0433. The summed E-state index contributed by atoms with van der Waals surface area (Å²) in [5.41, 5.74) is 1.21. The largest absolute Gasteiger partial charge is 0.380 e. The Morgan fingerprint density at radius 2 is 1.97 bits per heavy atom. The molecule has 1 aliphatic heterocycles. The first kappa shape index (κ1) is 20.8. The van der Waals surface area contributed by atoms with E-state index >= 15 is 0 Å². The van der Waals surface area contributed by atoms with Gasteiger partial charge < -0.3 is 9.88 Å². The number of hydrogen-bond donors (Lipinski definition) is 1. The molecule has 0 aliphatic carbocycles. The molecule has 2 atom stereocenters. The maximum Gasteiger partial charge on any atom is 0.262 e. The standard InChI is InChI=1S/C20H19ClF2N4O2S/c1-26-11-20(24-12-26)30(28,29)27-9-16(13-3-2-4-14(22)7-13)19(10-27)25-15-5-6-18(23)17(21)8-15/h2-8,11-12,16,19,25H,9-10H2,1H3. The Morgan fingerprint density at radius 3 is 2.63 bits per heavy atom. The van der Waals surface area contributed by atoms with E-state index in [0.717, 1.165) is 0 Å². The van der Waals surface area contributed by atoms with Gasteiger partial charge in [-0.3, -0.25) is 0 Å². The maximum atomic E-state index is 13.8. The first-order valence-electron chi connectivity index (χ1n) is 9.19. The third-order valence-corrected chi connectivity index (χ3v) is 7.13. The Bertz CT molecular complexity index is 1190. The minimum Gasteiger partial charge on any atom is -0.380 e. The van der Waals surface area contributed by atoms with Gasteiger partial charge in [0.25, 0.3) is 10.0 Å². The van der Waals surface area contributed by atoms with Gasteiger partial charge in [-0.2, -0.15) is 4.31 Å². The number of hydrogen-bond acceptors (Lipinski definition) is 4. The summed E-state index contributed by atoms with van der Waals surface area (Å²) < 4.78 is 56.4. The Balaban J connectivity index is 1.67. The fourth-order valence-electron chi connectivity index (χ4n) is 3.64. The highest BCUT2D eigenvalue weighted by molar-refractivity contribution is 7.89. The molecule has 1 aromatic heterocycles. The van der Waals surface area contributed by atoms with Crippen LogP contribution in [-0.2, 0) is 17.1 Å². The third-order valence-electron chi connectivity index (χ3n) is 5.12. The number of halogens is 3. The van der Waals surface area contributed by atoms with Gasteiger partial charge in [-0.25, -0.2) is 22.2 Å². The summed E-state index contributed by atoms with van der Waals surface area (Å²) >= 11 is 5.88. The number of imidazole rings is 1. The van der Waals surface area contributed by atoms with Crippen LogP contribution >= 0.6 is 11.6 Å². The second-order valence-corrected chi connectivity index (χ2v) is 9.53. The molecule has 0 bridgehead atoms. The van der Waals surface area contributed by atoms with Gasteiger partial charge in [0.05, 0.1) is 11.3 Å². The van der Waals surface area contributed by atoms with Gasteiger partial charge in [0.2, 0.25) is 0 Å². The molecule has 1 N–H and O–H groups in total. The molecule has 6 nitrogen and oxygen atoms in total. The van der Waals surface area contributed by atoms with E-state index in [1.54, 1.807) is 23.7 Å². The zero-order chi connectivity index (χ0) is 21.5. The van der Waals surface area contributed by atoms with E-state index in [1.165, 1.54) is 47.2 Å². The average molecular weight is 453 g/mol. The number of benzene rings is 2. The summed E-state index contributed by atoms with van der Waals surface area (Å²) in [5.74, 6) is -1.28. The first-order chi connectivity index (χ1) is 14.2. The number of nitrogens with zero attached hydrogens (tertiary/aromatic N) is 3. The van der Waals surface area contributed by atoms with Gasteiger partial charge in [0, 0.05) is 44.0 Å². The normalized spacial score (nSPS) is 19.9. The fraction of sp³-hybridized carbons (Fsp3) is 0.250. The molecule has 0 amide bonds. The molecule has 1 aliphatic rings. The molecule has 3 aromatic rings. The van der Waals surface area contributed by atoms with Crippen molar-refractivity contribution in [1.82, 2.24) is 13.9 Å². The summed E-state index contributed by atoms with van der Waals surface area (Å²) in [4.78, 5) is 3.97. The number of aryl methyl sites for hydroxylation is 1. The van der Waals surface area contributed by atoms with E-state index in [9.17, 15) is 17.2 Å². The van der Waals surface area contributed by atoms with Crippen molar-refractivity contribution in [3.8, 4) is 0 Å². The lowest BCUT2D eigenvalue weighted by molar-refractivity contribution is 0.468. The predicted octanol–water partition coefficient (Wildman–Crippen LogP) is 3.62. The number of anilines is 1. The van der Waals surface area contributed by atoms with E-state index in [-0.39, 0.29) is 35.1 Å². The van der Waals surface area contributed by atoms with Crippen molar-refractivity contribution < 1.29 is 17.2 Å². The molecule has 2 heterocycles. The summed E-state index contributed by atoms with van der Waals surface area (Å²) in [5, 5.41) is 3.14. The SMILES string of the molecule is Cn1cnc(S(=O)(=O)N2CC(Nc3ccc(F)c(Cl)c3)C(c3cccc(F)c3)C2)c1. The Labute approximate surface area is 178 Å². The quantitative estimate of drug-likeness (QED) is 0.642. The van der Waals surface area contributed by atoms with Crippen molar-refractivity contribution in [2.75, 3.05) is 18.4 Å². The fourth-order valence-corrected chi connectivity index (χ4v) is 5.28. The Morgan fingerprint density at radius 1 is 1.17 bits per heavy atom. The summed E-state index contributed by atoms with van der Waals surface area (Å²) in [7, 11) is -2.14. The van der Waals surface area contributed by atoms with E-state index in [4.69, 9.17) is 11.6 Å². The van der Waals surface area contributed by atoms with Gasteiger partial charge in [-0.15, -0.1) is 0 Å². The highest BCUT2D eigenvalue weighted by Crippen LogP contribution is 2.34. The van der Waals surface area contributed by atoms with Crippen LogP contribution in [0.4, 0.5) is 14.5 Å². The molecule has 10 heteroatoms.